The summed E-state index contributed by atoms with van der Waals surface area (Å²) in [6.07, 6.45) is 0.676. The maximum Gasteiger partial charge on any atom is 0.203 e. The summed E-state index contributed by atoms with van der Waals surface area (Å²) < 4.78 is 27.1. The van der Waals surface area contributed by atoms with Gasteiger partial charge in [-0.25, -0.2) is 0 Å². The first-order chi connectivity index (χ1) is 11.6. The third kappa shape index (κ3) is 3.35. The highest BCUT2D eigenvalue weighted by Crippen LogP contribution is 2.43. The number of ether oxygens (including phenoxy) is 5. The van der Waals surface area contributed by atoms with Gasteiger partial charge >= 0.3 is 0 Å². The molecular weight excluding hydrogens is 308 g/mol. The average Bonchev–Trinajstić information content (AvgIpc) is 2.62. The molecule has 5 nitrogen and oxygen atoms in total. The number of aryl methyl sites for hydroxylation is 1. The molecule has 0 amide bonds. The third-order valence-electron chi connectivity index (χ3n) is 3.98. The summed E-state index contributed by atoms with van der Waals surface area (Å²) >= 11 is 0. The van der Waals surface area contributed by atoms with Gasteiger partial charge in [0.2, 0.25) is 5.75 Å². The lowest BCUT2D eigenvalue weighted by molar-refractivity contribution is 0.322. The van der Waals surface area contributed by atoms with Gasteiger partial charge < -0.3 is 23.7 Å². The van der Waals surface area contributed by atoms with Crippen LogP contribution in [0.3, 0.4) is 0 Å². The molecule has 0 saturated heterocycles. The zero-order chi connectivity index (χ0) is 17.7. The zero-order valence-corrected chi connectivity index (χ0v) is 15.1. The molecule has 0 radical (unpaired) electrons. The molecule has 0 aliphatic heterocycles. The van der Waals surface area contributed by atoms with Crippen molar-refractivity contribution in [3.8, 4) is 28.7 Å². The van der Waals surface area contributed by atoms with E-state index in [4.69, 9.17) is 23.7 Å². The molecule has 0 fully saturated rings. The summed E-state index contributed by atoms with van der Waals surface area (Å²) in [5.41, 5.74) is 3.20. The van der Waals surface area contributed by atoms with Crippen LogP contribution >= 0.6 is 0 Å². The van der Waals surface area contributed by atoms with Crippen molar-refractivity contribution in [1.29, 1.82) is 0 Å². The molecule has 0 aromatic heterocycles. The Hall–Kier alpha value is -2.56. The van der Waals surface area contributed by atoms with Crippen LogP contribution < -0.4 is 23.7 Å². The summed E-state index contributed by atoms with van der Waals surface area (Å²) in [5.74, 6) is 3.34. The van der Waals surface area contributed by atoms with Gasteiger partial charge in [-0.05, 0) is 36.2 Å². The van der Waals surface area contributed by atoms with Crippen LogP contribution in [-0.4, -0.2) is 35.5 Å². The molecule has 0 unspecified atom stereocenters. The summed E-state index contributed by atoms with van der Waals surface area (Å²) in [6, 6.07) is 7.83. The molecule has 0 aliphatic carbocycles. The molecule has 5 heteroatoms. The van der Waals surface area contributed by atoms with Crippen LogP contribution in [-0.2, 0) is 6.42 Å². The molecule has 2 aromatic carbocycles. The van der Waals surface area contributed by atoms with Crippen LogP contribution in [0.5, 0.6) is 28.7 Å². The molecular formula is C19H24O5. The fraction of sp³-hybridized carbons (Fsp3) is 0.368. The molecule has 2 rings (SSSR count). The highest BCUT2D eigenvalue weighted by Gasteiger charge is 2.19. The van der Waals surface area contributed by atoms with Crippen molar-refractivity contribution in [1.82, 2.24) is 0 Å². The lowest BCUT2D eigenvalue weighted by atomic mass is 9.98. The zero-order valence-electron chi connectivity index (χ0n) is 15.1. The fourth-order valence-electron chi connectivity index (χ4n) is 2.75. The van der Waals surface area contributed by atoms with Crippen molar-refractivity contribution < 1.29 is 23.7 Å². The monoisotopic (exact) mass is 332 g/mol. The maximum atomic E-state index is 5.60. The lowest BCUT2D eigenvalue weighted by Crippen LogP contribution is -2.02. The second kappa shape index (κ2) is 7.81. The maximum absolute atomic E-state index is 5.60. The minimum atomic E-state index is 0.598. The molecule has 0 saturated carbocycles. The smallest absolute Gasteiger partial charge is 0.203 e. The van der Waals surface area contributed by atoms with Crippen molar-refractivity contribution >= 4 is 0 Å². The largest absolute Gasteiger partial charge is 0.493 e. The summed E-state index contributed by atoms with van der Waals surface area (Å²) in [7, 11) is 8.11. The molecule has 2 aromatic rings. The summed E-state index contributed by atoms with van der Waals surface area (Å²) in [5, 5.41) is 0. The Morgan fingerprint density at radius 3 is 1.83 bits per heavy atom. The average molecular weight is 332 g/mol. The lowest BCUT2D eigenvalue weighted by Gasteiger charge is -2.18. The normalized spacial score (nSPS) is 10.2. The molecule has 130 valence electrons. The predicted molar refractivity (Wildman–Crippen MR) is 93.2 cm³/mol. The van der Waals surface area contributed by atoms with Crippen LogP contribution in [0, 0.1) is 6.92 Å². The molecule has 0 bridgehead atoms. The van der Waals surface area contributed by atoms with E-state index < -0.39 is 0 Å². The van der Waals surface area contributed by atoms with Crippen molar-refractivity contribution in [2.75, 3.05) is 35.5 Å². The van der Waals surface area contributed by atoms with E-state index in [0.717, 1.165) is 16.7 Å². The first-order valence-electron chi connectivity index (χ1n) is 7.58. The molecule has 0 heterocycles. The van der Waals surface area contributed by atoms with Crippen molar-refractivity contribution in [2.24, 2.45) is 0 Å². The van der Waals surface area contributed by atoms with Crippen molar-refractivity contribution in [3.05, 3.63) is 41.0 Å². The Labute approximate surface area is 143 Å². The van der Waals surface area contributed by atoms with E-state index in [1.165, 1.54) is 0 Å². The summed E-state index contributed by atoms with van der Waals surface area (Å²) in [4.78, 5) is 0. The van der Waals surface area contributed by atoms with Crippen molar-refractivity contribution in [2.45, 2.75) is 13.3 Å². The number of methoxy groups -OCH3 is 5. The predicted octanol–water partition coefficient (Wildman–Crippen LogP) is 3.63. The number of hydrogen-bond donors (Lipinski definition) is 0. The SMILES string of the molecule is COc1ccc(Cc2c(C)cc(OC)c(OC)c2OC)cc1OC. The van der Waals surface area contributed by atoms with E-state index in [0.29, 0.717) is 35.2 Å². The second-order valence-corrected chi connectivity index (χ2v) is 5.31. The fourth-order valence-corrected chi connectivity index (χ4v) is 2.75. The first-order valence-corrected chi connectivity index (χ1v) is 7.58. The highest BCUT2D eigenvalue weighted by atomic mass is 16.5. The number of hydrogen-bond acceptors (Lipinski definition) is 5. The van der Waals surface area contributed by atoms with E-state index in [1.54, 1.807) is 35.5 Å². The van der Waals surface area contributed by atoms with Crippen molar-refractivity contribution in [3.63, 3.8) is 0 Å². The van der Waals surface area contributed by atoms with Gasteiger partial charge in [-0.3, -0.25) is 0 Å². The summed E-state index contributed by atoms with van der Waals surface area (Å²) in [6.45, 7) is 2.03. The molecule has 0 spiro atoms. The quantitative estimate of drug-likeness (QED) is 0.775. The number of benzene rings is 2. The van der Waals surface area contributed by atoms with E-state index in [2.05, 4.69) is 0 Å². The Bertz CT molecular complexity index is 709. The Balaban J connectivity index is 2.49. The molecule has 0 atom stereocenters. The van der Waals surface area contributed by atoms with Crippen LogP contribution in [0.25, 0.3) is 0 Å². The van der Waals surface area contributed by atoms with Gasteiger partial charge in [0.15, 0.2) is 23.0 Å². The van der Waals surface area contributed by atoms with Crippen LogP contribution in [0.4, 0.5) is 0 Å². The van der Waals surface area contributed by atoms with Gasteiger partial charge in [0.25, 0.3) is 0 Å². The van der Waals surface area contributed by atoms with Gasteiger partial charge in [-0.15, -0.1) is 0 Å². The van der Waals surface area contributed by atoms with E-state index in [9.17, 15) is 0 Å². The van der Waals surface area contributed by atoms with E-state index >= 15 is 0 Å². The van der Waals surface area contributed by atoms with Crippen LogP contribution in [0.1, 0.15) is 16.7 Å². The first kappa shape index (κ1) is 17.8. The van der Waals surface area contributed by atoms with Gasteiger partial charge in [0, 0.05) is 12.0 Å². The Morgan fingerprint density at radius 2 is 1.29 bits per heavy atom. The van der Waals surface area contributed by atoms with Crippen LogP contribution in [0.2, 0.25) is 0 Å². The molecule has 24 heavy (non-hydrogen) atoms. The van der Waals surface area contributed by atoms with E-state index in [1.807, 2.05) is 31.2 Å². The van der Waals surface area contributed by atoms with Crippen LogP contribution in [0.15, 0.2) is 24.3 Å². The van der Waals surface area contributed by atoms with Gasteiger partial charge in [0.05, 0.1) is 35.5 Å². The van der Waals surface area contributed by atoms with Gasteiger partial charge in [0.1, 0.15) is 0 Å². The standard InChI is InChI=1S/C19H24O5/c1-12-9-17(22-4)19(24-6)18(23-5)14(12)10-13-7-8-15(20-2)16(11-13)21-3/h7-9,11H,10H2,1-6H3. The Kier molecular flexibility index (Phi) is 5.79. The highest BCUT2D eigenvalue weighted by molar-refractivity contribution is 5.60. The molecule has 0 N–H and O–H groups in total. The third-order valence-corrected chi connectivity index (χ3v) is 3.98. The number of rotatable bonds is 7. The van der Waals surface area contributed by atoms with Gasteiger partial charge in [-0.1, -0.05) is 6.07 Å². The van der Waals surface area contributed by atoms with E-state index in [-0.39, 0.29) is 0 Å². The topological polar surface area (TPSA) is 46.2 Å². The molecule has 0 aliphatic rings. The Morgan fingerprint density at radius 1 is 0.667 bits per heavy atom. The second-order valence-electron chi connectivity index (χ2n) is 5.31. The minimum absolute atomic E-state index is 0.598. The van der Waals surface area contributed by atoms with Gasteiger partial charge in [-0.2, -0.15) is 0 Å². The minimum Gasteiger partial charge on any atom is -0.493 e.